The summed E-state index contributed by atoms with van der Waals surface area (Å²) in [6.07, 6.45) is 1.39. The minimum Gasteiger partial charge on any atom is -0.321 e. The van der Waals surface area contributed by atoms with Crippen LogP contribution in [0.5, 0.6) is 0 Å². The first-order valence-electron chi connectivity index (χ1n) is 8.44. The predicted molar refractivity (Wildman–Crippen MR) is 118 cm³/mol. The first-order valence-corrected chi connectivity index (χ1v) is 10.0. The first kappa shape index (κ1) is 20.2. The monoisotopic (exact) mass is 501 g/mol. The van der Waals surface area contributed by atoms with Crippen LogP contribution in [-0.2, 0) is 0 Å². The molecule has 1 heterocycles. The van der Waals surface area contributed by atoms with E-state index in [0.29, 0.717) is 16.9 Å². The molecule has 0 fully saturated rings. The van der Waals surface area contributed by atoms with Gasteiger partial charge in [-0.3, -0.25) is 14.6 Å². The zero-order valence-corrected chi connectivity index (χ0v) is 18.4. The minimum atomic E-state index is -0.349. The van der Waals surface area contributed by atoms with Crippen molar-refractivity contribution in [3.05, 3.63) is 86.1 Å². The fourth-order valence-corrected chi connectivity index (χ4v) is 3.67. The lowest BCUT2D eigenvalue weighted by atomic mass is 10.2. The van der Waals surface area contributed by atoms with Gasteiger partial charge >= 0.3 is 0 Å². The highest BCUT2D eigenvalue weighted by Gasteiger charge is 2.13. The van der Waals surface area contributed by atoms with E-state index in [2.05, 4.69) is 47.5 Å². The number of aryl methyl sites for hydroxylation is 2. The lowest BCUT2D eigenvalue weighted by Crippen LogP contribution is -2.16. The fourth-order valence-electron chi connectivity index (χ4n) is 2.49. The summed E-state index contributed by atoms with van der Waals surface area (Å²) in [5.74, 6) is -0.650. The second-order valence-electron chi connectivity index (χ2n) is 6.31. The molecule has 3 aromatic rings. The van der Waals surface area contributed by atoms with Gasteiger partial charge in [-0.15, -0.1) is 0 Å². The number of amides is 2. The van der Waals surface area contributed by atoms with Crippen LogP contribution < -0.4 is 10.6 Å². The van der Waals surface area contributed by atoms with Crippen molar-refractivity contribution in [2.24, 2.45) is 0 Å². The standard InChI is InChI=1S/C21H17Br2N3O2/c1-12-3-6-17(15(22)9-12)25-20(27)14-5-8-19(24-11-14)21(28)26-18-7-4-13(2)10-16(18)23/h3-11H,1-2H3,(H,25,27)(H,26,28). The van der Waals surface area contributed by atoms with Crippen LogP contribution in [0.25, 0.3) is 0 Å². The van der Waals surface area contributed by atoms with Crippen LogP contribution in [0.3, 0.4) is 0 Å². The second kappa shape index (κ2) is 8.67. The third-order valence-corrected chi connectivity index (χ3v) is 5.32. The zero-order chi connectivity index (χ0) is 20.3. The van der Waals surface area contributed by atoms with E-state index in [1.807, 2.05) is 50.2 Å². The van der Waals surface area contributed by atoms with E-state index in [9.17, 15) is 9.59 Å². The van der Waals surface area contributed by atoms with Crippen LogP contribution in [0.2, 0.25) is 0 Å². The summed E-state index contributed by atoms with van der Waals surface area (Å²) >= 11 is 6.86. The molecule has 3 rings (SSSR count). The van der Waals surface area contributed by atoms with Gasteiger partial charge < -0.3 is 10.6 Å². The number of hydrogen-bond acceptors (Lipinski definition) is 3. The SMILES string of the molecule is Cc1ccc(NC(=O)c2ccc(C(=O)Nc3ccc(C)cc3Br)nc2)c(Br)c1. The van der Waals surface area contributed by atoms with Gasteiger partial charge in [-0.05, 0) is 93.2 Å². The first-order chi connectivity index (χ1) is 13.3. The van der Waals surface area contributed by atoms with Crippen molar-refractivity contribution < 1.29 is 9.59 Å². The van der Waals surface area contributed by atoms with E-state index in [0.717, 1.165) is 20.1 Å². The highest BCUT2D eigenvalue weighted by molar-refractivity contribution is 9.11. The molecular formula is C21H17Br2N3O2. The number of nitrogens with zero attached hydrogens (tertiary/aromatic N) is 1. The van der Waals surface area contributed by atoms with E-state index in [4.69, 9.17) is 0 Å². The quantitative estimate of drug-likeness (QED) is 0.478. The third-order valence-electron chi connectivity index (χ3n) is 4.00. The zero-order valence-electron chi connectivity index (χ0n) is 15.2. The number of halogens is 2. The van der Waals surface area contributed by atoms with Gasteiger partial charge in [0.25, 0.3) is 11.8 Å². The van der Waals surface area contributed by atoms with Crippen molar-refractivity contribution in [3.63, 3.8) is 0 Å². The number of aromatic nitrogens is 1. The van der Waals surface area contributed by atoms with Crippen molar-refractivity contribution in [1.29, 1.82) is 0 Å². The van der Waals surface area contributed by atoms with Crippen LogP contribution in [0.15, 0.2) is 63.7 Å². The summed E-state index contributed by atoms with van der Waals surface area (Å²) in [4.78, 5) is 28.9. The highest BCUT2D eigenvalue weighted by atomic mass is 79.9. The Morgan fingerprint density at radius 2 is 1.32 bits per heavy atom. The summed E-state index contributed by atoms with van der Waals surface area (Å²) in [7, 11) is 0. The molecule has 2 aromatic carbocycles. The van der Waals surface area contributed by atoms with Crippen LogP contribution in [-0.4, -0.2) is 16.8 Å². The van der Waals surface area contributed by atoms with E-state index in [-0.39, 0.29) is 17.5 Å². The Labute approximate surface area is 179 Å². The normalized spacial score (nSPS) is 10.4. The smallest absolute Gasteiger partial charge is 0.274 e. The molecule has 0 radical (unpaired) electrons. The van der Waals surface area contributed by atoms with Crippen molar-refractivity contribution >= 4 is 55.0 Å². The van der Waals surface area contributed by atoms with E-state index >= 15 is 0 Å². The van der Waals surface area contributed by atoms with Crippen molar-refractivity contribution in [1.82, 2.24) is 4.98 Å². The average Bonchev–Trinajstić information content (AvgIpc) is 2.66. The molecule has 28 heavy (non-hydrogen) atoms. The molecule has 0 saturated heterocycles. The van der Waals surface area contributed by atoms with Gasteiger partial charge in [-0.2, -0.15) is 0 Å². The van der Waals surface area contributed by atoms with E-state index in [1.165, 1.54) is 12.3 Å². The molecule has 0 spiro atoms. The maximum Gasteiger partial charge on any atom is 0.274 e. The number of carbonyl (C=O) groups is 2. The van der Waals surface area contributed by atoms with Crippen molar-refractivity contribution in [2.45, 2.75) is 13.8 Å². The van der Waals surface area contributed by atoms with Gasteiger partial charge in [0.15, 0.2) is 0 Å². The van der Waals surface area contributed by atoms with Crippen molar-refractivity contribution in [3.8, 4) is 0 Å². The Morgan fingerprint density at radius 1 is 0.786 bits per heavy atom. The second-order valence-corrected chi connectivity index (χ2v) is 8.02. The molecule has 0 unspecified atom stereocenters. The molecule has 0 saturated carbocycles. The molecule has 0 aliphatic carbocycles. The number of benzene rings is 2. The molecule has 0 bridgehead atoms. The van der Waals surface area contributed by atoms with Crippen LogP contribution in [0.4, 0.5) is 11.4 Å². The Kier molecular flexibility index (Phi) is 6.26. The lowest BCUT2D eigenvalue weighted by Gasteiger charge is -2.09. The maximum absolute atomic E-state index is 12.4. The molecule has 1 aromatic heterocycles. The van der Waals surface area contributed by atoms with Gasteiger partial charge in [-0.25, -0.2) is 0 Å². The lowest BCUT2D eigenvalue weighted by molar-refractivity contribution is 0.101. The van der Waals surface area contributed by atoms with Gasteiger partial charge in [0, 0.05) is 15.1 Å². The number of anilines is 2. The fraction of sp³-hybridized carbons (Fsp3) is 0.0952. The summed E-state index contributed by atoms with van der Waals surface area (Å²) in [6, 6.07) is 14.4. The Bertz CT molecular complexity index is 966. The topological polar surface area (TPSA) is 71.1 Å². The van der Waals surface area contributed by atoms with Crippen molar-refractivity contribution in [2.75, 3.05) is 10.6 Å². The molecule has 0 aliphatic rings. The van der Waals surface area contributed by atoms with Gasteiger partial charge in [0.1, 0.15) is 5.69 Å². The molecule has 7 heteroatoms. The molecule has 2 amide bonds. The summed E-state index contributed by atoms with van der Waals surface area (Å²) in [6.45, 7) is 3.94. The number of nitrogens with one attached hydrogen (secondary N) is 2. The van der Waals surface area contributed by atoms with Crippen LogP contribution in [0.1, 0.15) is 32.0 Å². The summed E-state index contributed by atoms with van der Waals surface area (Å²) in [5, 5.41) is 5.62. The summed E-state index contributed by atoms with van der Waals surface area (Å²) in [5.41, 5.74) is 4.08. The van der Waals surface area contributed by atoms with Gasteiger partial charge in [0.2, 0.25) is 0 Å². The average molecular weight is 503 g/mol. The number of rotatable bonds is 4. The Balaban J connectivity index is 1.70. The Morgan fingerprint density at radius 3 is 1.79 bits per heavy atom. The molecule has 0 aliphatic heterocycles. The molecule has 142 valence electrons. The molecule has 0 atom stereocenters. The van der Waals surface area contributed by atoms with Crippen LogP contribution in [0, 0.1) is 13.8 Å². The van der Waals surface area contributed by atoms with Gasteiger partial charge in [0.05, 0.1) is 16.9 Å². The number of hydrogen-bond donors (Lipinski definition) is 2. The molecule has 5 nitrogen and oxygen atoms in total. The highest BCUT2D eigenvalue weighted by Crippen LogP contribution is 2.25. The molecular weight excluding hydrogens is 486 g/mol. The molecule has 2 N–H and O–H groups in total. The van der Waals surface area contributed by atoms with E-state index in [1.54, 1.807) is 6.07 Å². The number of pyridine rings is 1. The number of carbonyl (C=O) groups excluding carboxylic acids is 2. The third kappa shape index (κ3) is 4.85. The largest absolute Gasteiger partial charge is 0.321 e. The minimum absolute atomic E-state index is 0.223. The van der Waals surface area contributed by atoms with E-state index < -0.39 is 0 Å². The maximum atomic E-state index is 12.4. The van der Waals surface area contributed by atoms with Crippen LogP contribution >= 0.6 is 31.9 Å². The summed E-state index contributed by atoms with van der Waals surface area (Å²) < 4.78 is 1.59. The predicted octanol–water partition coefficient (Wildman–Crippen LogP) is 5.73. The van der Waals surface area contributed by atoms with Gasteiger partial charge in [-0.1, -0.05) is 12.1 Å². The Hall–Kier alpha value is -2.51.